The first-order valence-electron chi connectivity index (χ1n) is 7.44. The Bertz CT molecular complexity index is 594. The number of aliphatic hydroxyl groups is 1. The van der Waals surface area contributed by atoms with Gasteiger partial charge in [0, 0.05) is 13.0 Å². The Hall–Kier alpha value is -2.07. The third-order valence-corrected chi connectivity index (χ3v) is 3.48. The Kier molecular flexibility index (Phi) is 5.03. The van der Waals surface area contributed by atoms with Crippen LogP contribution in [0.3, 0.4) is 0 Å². The maximum atomic E-state index is 12.5. The van der Waals surface area contributed by atoms with Gasteiger partial charge < -0.3 is 14.8 Å². The van der Waals surface area contributed by atoms with Crippen LogP contribution in [-0.4, -0.2) is 23.2 Å². The average Bonchev–Trinajstić information content (AvgIpc) is 2.96. The van der Waals surface area contributed by atoms with Gasteiger partial charge in [-0.25, -0.2) is 0 Å². The Morgan fingerprint density at radius 3 is 2.50 bits per heavy atom. The highest BCUT2D eigenvalue weighted by Gasteiger charge is 2.24. The summed E-state index contributed by atoms with van der Waals surface area (Å²) in [4.78, 5) is 12.5. The van der Waals surface area contributed by atoms with Crippen LogP contribution in [0.5, 0.6) is 0 Å². The fourth-order valence-electron chi connectivity index (χ4n) is 2.22. The summed E-state index contributed by atoms with van der Waals surface area (Å²) in [5.74, 6) is 0.320. The van der Waals surface area contributed by atoms with Crippen LogP contribution in [0, 0.1) is 6.92 Å². The number of carbonyl (C=O) groups is 1. The molecule has 1 aromatic carbocycles. The Morgan fingerprint density at radius 1 is 1.27 bits per heavy atom. The van der Waals surface area contributed by atoms with E-state index in [1.54, 1.807) is 20.1 Å². The lowest BCUT2D eigenvalue weighted by Crippen LogP contribution is -2.40. The third kappa shape index (κ3) is 4.74. The summed E-state index contributed by atoms with van der Waals surface area (Å²) in [5, 5.41) is 12.6. The molecule has 118 valence electrons. The molecule has 22 heavy (non-hydrogen) atoms. The molecule has 4 nitrogen and oxygen atoms in total. The van der Waals surface area contributed by atoms with Gasteiger partial charge in [0.05, 0.1) is 17.8 Å². The second kappa shape index (κ2) is 6.79. The van der Waals surface area contributed by atoms with Crippen molar-refractivity contribution in [2.75, 3.05) is 6.54 Å². The van der Waals surface area contributed by atoms with Crippen molar-refractivity contribution in [1.82, 2.24) is 5.32 Å². The van der Waals surface area contributed by atoms with Crippen LogP contribution in [0.15, 0.2) is 47.1 Å². The van der Waals surface area contributed by atoms with Gasteiger partial charge in [0.1, 0.15) is 5.76 Å². The number of amides is 1. The van der Waals surface area contributed by atoms with Crippen molar-refractivity contribution in [2.45, 2.75) is 38.7 Å². The summed E-state index contributed by atoms with van der Waals surface area (Å²) >= 11 is 0. The summed E-state index contributed by atoms with van der Waals surface area (Å²) in [6, 6.07) is 11.6. The average molecular weight is 301 g/mol. The van der Waals surface area contributed by atoms with Gasteiger partial charge in [-0.3, -0.25) is 4.79 Å². The number of hydrogen-bond acceptors (Lipinski definition) is 3. The summed E-state index contributed by atoms with van der Waals surface area (Å²) in [5.41, 5.74) is 1.16. The van der Waals surface area contributed by atoms with E-state index in [-0.39, 0.29) is 18.4 Å². The highest BCUT2D eigenvalue weighted by atomic mass is 16.3. The van der Waals surface area contributed by atoms with Crippen LogP contribution in [-0.2, 0) is 11.2 Å². The molecule has 0 spiro atoms. The summed E-state index contributed by atoms with van der Waals surface area (Å²) in [6.45, 7) is 5.56. The Labute approximate surface area is 131 Å². The van der Waals surface area contributed by atoms with Gasteiger partial charge in [-0.2, -0.15) is 0 Å². The molecule has 0 aliphatic heterocycles. The standard InChI is InChI=1S/C18H23NO3/c1-13-6-8-14(9-7-13)16(11-15-5-4-10-22-15)17(20)19-12-18(2,3)21/h4-10,16,21H,11-12H2,1-3H3,(H,19,20). The fourth-order valence-corrected chi connectivity index (χ4v) is 2.22. The van der Waals surface area contributed by atoms with Crippen LogP contribution < -0.4 is 5.32 Å². The molecule has 0 fully saturated rings. The molecule has 1 unspecified atom stereocenters. The predicted molar refractivity (Wildman–Crippen MR) is 85.6 cm³/mol. The van der Waals surface area contributed by atoms with E-state index >= 15 is 0 Å². The molecule has 0 saturated heterocycles. The number of furan rings is 1. The highest BCUT2D eigenvalue weighted by Crippen LogP contribution is 2.22. The first-order valence-corrected chi connectivity index (χ1v) is 7.44. The normalized spacial score (nSPS) is 12.9. The van der Waals surface area contributed by atoms with E-state index in [4.69, 9.17) is 4.42 Å². The SMILES string of the molecule is Cc1ccc(C(Cc2ccco2)C(=O)NCC(C)(C)O)cc1. The monoisotopic (exact) mass is 301 g/mol. The molecule has 0 aliphatic carbocycles. The molecule has 0 saturated carbocycles. The molecule has 2 N–H and O–H groups in total. The van der Waals surface area contributed by atoms with Gasteiger partial charge >= 0.3 is 0 Å². The molecule has 1 heterocycles. The first kappa shape index (κ1) is 16.3. The maximum absolute atomic E-state index is 12.5. The van der Waals surface area contributed by atoms with Crippen molar-refractivity contribution in [3.63, 3.8) is 0 Å². The van der Waals surface area contributed by atoms with Gasteiger partial charge in [-0.05, 0) is 38.5 Å². The van der Waals surface area contributed by atoms with E-state index in [1.165, 1.54) is 0 Å². The zero-order valence-corrected chi connectivity index (χ0v) is 13.3. The maximum Gasteiger partial charge on any atom is 0.228 e. The highest BCUT2D eigenvalue weighted by molar-refractivity contribution is 5.84. The molecule has 0 bridgehead atoms. The van der Waals surface area contributed by atoms with Crippen molar-refractivity contribution in [1.29, 1.82) is 0 Å². The smallest absolute Gasteiger partial charge is 0.228 e. The number of benzene rings is 1. The van der Waals surface area contributed by atoms with E-state index in [0.29, 0.717) is 6.42 Å². The van der Waals surface area contributed by atoms with Crippen molar-refractivity contribution < 1.29 is 14.3 Å². The van der Waals surface area contributed by atoms with E-state index < -0.39 is 5.60 Å². The van der Waals surface area contributed by atoms with Crippen molar-refractivity contribution in [3.05, 3.63) is 59.5 Å². The third-order valence-electron chi connectivity index (χ3n) is 3.48. The van der Waals surface area contributed by atoms with E-state index in [1.807, 2.05) is 43.3 Å². The van der Waals surface area contributed by atoms with E-state index in [9.17, 15) is 9.90 Å². The fraction of sp³-hybridized carbons (Fsp3) is 0.389. The molecule has 0 aliphatic rings. The van der Waals surface area contributed by atoms with Gasteiger partial charge in [-0.1, -0.05) is 29.8 Å². The quantitative estimate of drug-likeness (QED) is 0.862. The molecule has 1 aromatic heterocycles. The Balaban J connectivity index is 2.17. The lowest BCUT2D eigenvalue weighted by molar-refractivity contribution is -0.123. The predicted octanol–water partition coefficient (Wildman–Crippen LogP) is 2.80. The number of nitrogens with one attached hydrogen (secondary N) is 1. The van der Waals surface area contributed by atoms with Crippen molar-refractivity contribution >= 4 is 5.91 Å². The van der Waals surface area contributed by atoms with Crippen LogP contribution in [0.4, 0.5) is 0 Å². The zero-order chi connectivity index (χ0) is 16.2. The lowest BCUT2D eigenvalue weighted by atomic mass is 9.92. The minimum atomic E-state index is -0.932. The van der Waals surface area contributed by atoms with Crippen LogP contribution in [0.25, 0.3) is 0 Å². The molecular formula is C18H23NO3. The van der Waals surface area contributed by atoms with E-state index in [2.05, 4.69) is 5.32 Å². The minimum Gasteiger partial charge on any atom is -0.469 e. The van der Waals surface area contributed by atoms with Gasteiger partial charge in [0.25, 0.3) is 0 Å². The van der Waals surface area contributed by atoms with Crippen molar-refractivity contribution in [2.24, 2.45) is 0 Å². The molecule has 1 amide bonds. The summed E-state index contributed by atoms with van der Waals surface area (Å²) < 4.78 is 5.38. The molecule has 2 rings (SSSR count). The topological polar surface area (TPSA) is 62.5 Å². The summed E-state index contributed by atoms with van der Waals surface area (Å²) in [6.07, 6.45) is 2.10. The number of carbonyl (C=O) groups excluding carboxylic acids is 1. The minimum absolute atomic E-state index is 0.109. The zero-order valence-electron chi connectivity index (χ0n) is 13.3. The number of rotatable bonds is 6. The molecule has 4 heteroatoms. The lowest BCUT2D eigenvalue weighted by Gasteiger charge is -2.21. The molecule has 2 aromatic rings. The van der Waals surface area contributed by atoms with E-state index in [0.717, 1.165) is 16.9 Å². The van der Waals surface area contributed by atoms with Gasteiger partial charge in [0.15, 0.2) is 0 Å². The van der Waals surface area contributed by atoms with Crippen molar-refractivity contribution in [3.8, 4) is 0 Å². The Morgan fingerprint density at radius 2 is 1.95 bits per heavy atom. The van der Waals surface area contributed by atoms with Crippen LogP contribution in [0.2, 0.25) is 0 Å². The second-order valence-corrected chi connectivity index (χ2v) is 6.28. The molecule has 0 radical (unpaired) electrons. The number of aryl methyl sites for hydroxylation is 1. The number of hydrogen-bond donors (Lipinski definition) is 2. The van der Waals surface area contributed by atoms with Crippen LogP contribution >= 0.6 is 0 Å². The largest absolute Gasteiger partial charge is 0.469 e. The first-order chi connectivity index (χ1) is 10.3. The van der Waals surface area contributed by atoms with Crippen LogP contribution in [0.1, 0.15) is 36.7 Å². The summed E-state index contributed by atoms with van der Waals surface area (Å²) in [7, 11) is 0. The van der Waals surface area contributed by atoms with Gasteiger partial charge in [-0.15, -0.1) is 0 Å². The molecule has 1 atom stereocenters. The molecular weight excluding hydrogens is 278 g/mol. The second-order valence-electron chi connectivity index (χ2n) is 6.28. The van der Waals surface area contributed by atoms with Gasteiger partial charge in [0.2, 0.25) is 5.91 Å².